The topological polar surface area (TPSA) is 52.6 Å². The van der Waals surface area contributed by atoms with E-state index in [2.05, 4.69) is 5.32 Å². The smallest absolute Gasteiger partial charge is 0.257 e. The van der Waals surface area contributed by atoms with Crippen molar-refractivity contribution in [1.29, 1.82) is 0 Å². The zero-order valence-corrected chi connectivity index (χ0v) is 9.61. The van der Waals surface area contributed by atoms with Gasteiger partial charge < -0.3 is 15.3 Å². The first-order valence-electron chi connectivity index (χ1n) is 5.56. The lowest BCUT2D eigenvalue weighted by atomic mass is 10.1. The molecule has 0 aliphatic carbocycles. The molecule has 0 aromatic heterocycles. The number of carbonyl (C=O) groups excluding carboxylic acids is 1. The number of hydrogen-bond donors (Lipinski definition) is 2. The van der Waals surface area contributed by atoms with Gasteiger partial charge in [0, 0.05) is 19.6 Å². The fraction of sp³-hybridized carbons (Fsp3) is 0.417. The van der Waals surface area contributed by atoms with E-state index in [0.717, 1.165) is 31.6 Å². The third-order valence-electron chi connectivity index (χ3n) is 3.09. The Balaban J connectivity index is 2.20. The van der Waals surface area contributed by atoms with E-state index >= 15 is 0 Å². The summed E-state index contributed by atoms with van der Waals surface area (Å²) >= 11 is 0. The van der Waals surface area contributed by atoms with Crippen LogP contribution in [0.5, 0.6) is 5.75 Å². The van der Waals surface area contributed by atoms with Crippen molar-refractivity contribution in [3.05, 3.63) is 29.6 Å². The molecule has 0 radical (unpaired) electrons. The highest BCUT2D eigenvalue weighted by molar-refractivity contribution is 5.96. The summed E-state index contributed by atoms with van der Waals surface area (Å²) in [6, 6.07) is 3.49. The maximum atomic E-state index is 13.1. The van der Waals surface area contributed by atoms with Gasteiger partial charge in [-0.2, -0.15) is 0 Å². The van der Waals surface area contributed by atoms with Gasteiger partial charge in [-0.05, 0) is 31.2 Å². The molecule has 1 unspecified atom stereocenters. The molecule has 1 saturated heterocycles. The largest absolute Gasteiger partial charge is 0.507 e. The van der Waals surface area contributed by atoms with Crippen molar-refractivity contribution in [2.45, 2.75) is 12.5 Å². The Kier molecular flexibility index (Phi) is 3.28. The van der Waals surface area contributed by atoms with Gasteiger partial charge in [0.25, 0.3) is 5.91 Å². The number of phenols is 1. The van der Waals surface area contributed by atoms with Crippen LogP contribution in [0.15, 0.2) is 18.2 Å². The molecule has 1 aliphatic heterocycles. The molecule has 1 aromatic rings. The molecule has 17 heavy (non-hydrogen) atoms. The summed E-state index contributed by atoms with van der Waals surface area (Å²) in [4.78, 5) is 13.6. The van der Waals surface area contributed by atoms with Gasteiger partial charge in [0.1, 0.15) is 11.6 Å². The number of benzene rings is 1. The third kappa shape index (κ3) is 2.39. The summed E-state index contributed by atoms with van der Waals surface area (Å²) in [5.41, 5.74) is 0.0133. The fourth-order valence-electron chi connectivity index (χ4n) is 2.01. The Morgan fingerprint density at radius 1 is 1.59 bits per heavy atom. The van der Waals surface area contributed by atoms with Gasteiger partial charge in [0.15, 0.2) is 0 Å². The molecule has 5 heteroatoms. The highest BCUT2D eigenvalue weighted by Gasteiger charge is 2.25. The second kappa shape index (κ2) is 4.71. The second-order valence-corrected chi connectivity index (χ2v) is 4.22. The molecule has 0 bridgehead atoms. The van der Waals surface area contributed by atoms with Crippen LogP contribution in [-0.4, -0.2) is 42.1 Å². The first-order chi connectivity index (χ1) is 8.09. The third-order valence-corrected chi connectivity index (χ3v) is 3.09. The van der Waals surface area contributed by atoms with Crippen molar-refractivity contribution < 1.29 is 14.3 Å². The van der Waals surface area contributed by atoms with Crippen LogP contribution in [-0.2, 0) is 0 Å². The lowest BCUT2D eigenvalue weighted by molar-refractivity contribution is 0.0740. The number of likely N-dealkylation sites (N-methyl/N-ethyl adjacent to an activating group) is 1. The van der Waals surface area contributed by atoms with Gasteiger partial charge in [-0.1, -0.05) is 0 Å². The zero-order chi connectivity index (χ0) is 12.4. The van der Waals surface area contributed by atoms with Crippen LogP contribution in [0.3, 0.4) is 0 Å². The van der Waals surface area contributed by atoms with Gasteiger partial charge in [-0.25, -0.2) is 4.39 Å². The van der Waals surface area contributed by atoms with Gasteiger partial charge >= 0.3 is 0 Å². The predicted molar refractivity (Wildman–Crippen MR) is 61.4 cm³/mol. The van der Waals surface area contributed by atoms with E-state index in [9.17, 15) is 14.3 Å². The van der Waals surface area contributed by atoms with E-state index in [0.29, 0.717) is 0 Å². The van der Waals surface area contributed by atoms with Crippen LogP contribution in [0, 0.1) is 5.82 Å². The molecule has 4 nitrogen and oxygen atoms in total. The maximum absolute atomic E-state index is 13.1. The number of amides is 1. The van der Waals surface area contributed by atoms with E-state index < -0.39 is 5.82 Å². The minimum absolute atomic E-state index is 0.0133. The Hall–Kier alpha value is -1.62. The minimum atomic E-state index is -0.524. The average molecular weight is 238 g/mol. The molecule has 2 rings (SSSR count). The molecule has 0 spiro atoms. The molecular weight excluding hydrogens is 223 g/mol. The van der Waals surface area contributed by atoms with Crippen LogP contribution in [0.25, 0.3) is 0 Å². The van der Waals surface area contributed by atoms with E-state index in [1.54, 1.807) is 11.9 Å². The summed E-state index contributed by atoms with van der Waals surface area (Å²) < 4.78 is 13.1. The molecule has 2 N–H and O–H groups in total. The number of nitrogens with zero attached hydrogens (tertiary/aromatic N) is 1. The summed E-state index contributed by atoms with van der Waals surface area (Å²) in [6.45, 7) is 1.61. The standard InChI is InChI=1S/C12H15FN2O2/c1-15(9-4-5-14-7-9)12(17)10-6-8(13)2-3-11(10)16/h2-3,6,9,14,16H,4-5,7H2,1H3. The van der Waals surface area contributed by atoms with Crippen LogP contribution < -0.4 is 5.32 Å². The number of halogens is 1. The molecule has 92 valence electrons. The number of nitrogens with one attached hydrogen (secondary N) is 1. The van der Waals surface area contributed by atoms with Crippen molar-refractivity contribution in [2.24, 2.45) is 0 Å². The summed E-state index contributed by atoms with van der Waals surface area (Å²) in [5, 5.41) is 12.7. The zero-order valence-electron chi connectivity index (χ0n) is 9.61. The summed E-state index contributed by atoms with van der Waals surface area (Å²) in [5.74, 6) is -1.06. The van der Waals surface area contributed by atoms with Gasteiger partial charge in [-0.3, -0.25) is 4.79 Å². The maximum Gasteiger partial charge on any atom is 0.257 e. The second-order valence-electron chi connectivity index (χ2n) is 4.22. The highest BCUT2D eigenvalue weighted by Crippen LogP contribution is 2.21. The summed E-state index contributed by atoms with van der Waals surface area (Å²) in [7, 11) is 1.67. The van der Waals surface area contributed by atoms with Crippen molar-refractivity contribution in [3.63, 3.8) is 0 Å². The van der Waals surface area contributed by atoms with Gasteiger partial charge in [0.2, 0.25) is 0 Å². The average Bonchev–Trinajstić information content (AvgIpc) is 2.84. The molecule has 0 saturated carbocycles. The van der Waals surface area contributed by atoms with Gasteiger partial charge in [-0.15, -0.1) is 0 Å². The molecule has 1 amide bonds. The van der Waals surface area contributed by atoms with E-state index in [1.165, 1.54) is 6.07 Å². The van der Waals surface area contributed by atoms with Crippen molar-refractivity contribution in [2.75, 3.05) is 20.1 Å². The quantitative estimate of drug-likeness (QED) is 0.807. The predicted octanol–water partition coefficient (Wildman–Crippen LogP) is 0.965. The lowest BCUT2D eigenvalue weighted by Gasteiger charge is -2.24. The number of carbonyl (C=O) groups is 1. The Labute approximate surface area is 99.0 Å². The van der Waals surface area contributed by atoms with Gasteiger partial charge in [0.05, 0.1) is 5.56 Å². The lowest BCUT2D eigenvalue weighted by Crippen LogP contribution is -2.38. The molecule has 1 aliphatic rings. The van der Waals surface area contributed by atoms with Crippen LogP contribution in [0.1, 0.15) is 16.8 Å². The molecule has 1 atom stereocenters. The summed E-state index contributed by atoms with van der Waals surface area (Å²) in [6.07, 6.45) is 0.873. The number of aromatic hydroxyl groups is 1. The fourth-order valence-corrected chi connectivity index (χ4v) is 2.01. The van der Waals surface area contributed by atoms with Crippen molar-refractivity contribution in [3.8, 4) is 5.75 Å². The number of hydrogen-bond acceptors (Lipinski definition) is 3. The minimum Gasteiger partial charge on any atom is -0.507 e. The molecule has 1 fully saturated rings. The number of phenolic OH excluding ortho intramolecular Hbond substituents is 1. The van der Waals surface area contributed by atoms with E-state index in [1.807, 2.05) is 0 Å². The van der Waals surface area contributed by atoms with E-state index in [4.69, 9.17) is 0 Å². The number of rotatable bonds is 2. The highest BCUT2D eigenvalue weighted by atomic mass is 19.1. The molecule has 1 heterocycles. The van der Waals surface area contributed by atoms with Crippen molar-refractivity contribution >= 4 is 5.91 Å². The molecule has 1 aromatic carbocycles. The SMILES string of the molecule is CN(C(=O)c1cc(F)ccc1O)C1CCNC1. The monoisotopic (exact) mass is 238 g/mol. The first kappa shape index (κ1) is 11.9. The van der Waals surface area contributed by atoms with Crippen LogP contribution >= 0.6 is 0 Å². The normalized spacial score (nSPS) is 19.3. The van der Waals surface area contributed by atoms with E-state index in [-0.39, 0.29) is 23.3 Å². The van der Waals surface area contributed by atoms with Crippen LogP contribution in [0.2, 0.25) is 0 Å². The Bertz CT molecular complexity index is 431. The first-order valence-corrected chi connectivity index (χ1v) is 5.56. The Morgan fingerprint density at radius 3 is 3.00 bits per heavy atom. The Morgan fingerprint density at radius 2 is 2.35 bits per heavy atom. The van der Waals surface area contributed by atoms with Crippen molar-refractivity contribution in [1.82, 2.24) is 10.2 Å². The molecular formula is C12H15FN2O2. The van der Waals surface area contributed by atoms with Crippen LogP contribution in [0.4, 0.5) is 4.39 Å².